The average Bonchev–Trinajstić information content (AvgIpc) is 3.41. The number of nitrogens with zero attached hydrogens (tertiary/aromatic N) is 2. The van der Waals surface area contributed by atoms with E-state index < -0.39 is 9.84 Å². The summed E-state index contributed by atoms with van der Waals surface area (Å²) in [6, 6.07) is 30.3. The third-order valence-electron chi connectivity index (χ3n) is 6.26. The van der Waals surface area contributed by atoms with Crippen LogP contribution in [0.25, 0.3) is 23.0 Å². The molecule has 10 heteroatoms. The van der Waals surface area contributed by atoms with E-state index in [-0.39, 0.29) is 10.7 Å². The van der Waals surface area contributed by atoms with Crippen molar-refractivity contribution in [1.29, 1.82) is 0 Å². The van der Waals surface area contributed by atoms with Gasteiger partial charge in [-0.25, -0.2) is 13.1 Å². The van der Waals surface area contributed by atoms with E-state index in [4.69, 9.17) is 28.9 Å². The smallest absolute Gasteiger partial charge is 0.185 e. The number of carbonyl (C=O) groups is 1. The minimum Gasteiger partial charge on any atom is -0.332 e. The number of sulfone groups is 1. The largest absolute Gasteiger partial charge is 0.332 e. The number of benzene rings is 4. The fraction of sp³-hybridized carbons (Fsp3) is 0.0312. The molecule has 0 saturated heterocycles. The van der Waals surface area contributed by atoms with Gasteiger partial charge in [0.1, 0.15) is 0 Å². The van der Waals surface area contributed by atoms with Gasteiger partial charge in [-0.05, 0) is 97.2 Å². The molecule has 0 bridgehead atoms. The van der Waals surface area contributed by atoms with Gasteiger partial charge in [0, 0.05) is 45.5 Å². The van der Waals surface area contributed by atoms with Gasteiger partial charge in [0.15, 0.2) is 20.7 Å². The molecule has 0 radical (unpaired) electrons. The molecular weight excluding hydrogens is 588 g/mol. The number of allylic oxidation sites excluding steroid dienone is 1. The molecule has 0 spiro atoms. The third-order valence-corrected chi connectivity index (χ3v) is 7.85. The van der Waals surface area contributed by atoms with Crippen LogP contribution in [0.5, 0.6) is 0 Å². The first-order valence-corrected chi connectivity index (χ1v) is 15.5. The van der Waals surface area contributed by atoms with Crippen molar-refractivity contribution in [2.75, 3.05) is 16.9 Å². The first kappa shape index (κ1) is 28.9. The SMILES string of the molecule is CS(=O)(=O)c1ccc(-n2cc(/C=C/C(=O)c3ccc(NC(=S)Nc4ccccc4)cc3)c(-c3ccc(Cl)cc3)n2)cc1. The minimum atomic E-state index is -3.32. The van der Waals surface area contributed by atoms with E-state index in [0.29, 0.717) is 32.6 Å². The molecule has 0 aliphatic rings. The molecule has 7 nitrogen and oxygen atoms in total. The van der Waals surface area contributed by atoms with Crippen LogP contribution in [0.4, 0.5) is 11.4 Å². The predicted octanol–water partition coefficient (Wildman–Crippen LogP) is 7.30. The lowest BCUT2D eigenvalue weighted by molar-refractivity contribution is 0.104. The second-order valence-electron chi connectivity index (χ2n) is 9.37. The summed E-state index contributed by atoms with van der Waals surface area (Å²) >= 11 is 11.5. The monoisotopic (exact) mass is 612 g/mol. The van der Waals surface area contributed by atoms with Gasteiger partial charge in [0.2, 0.25) is 0 Å². The summed E-state index contributed by atoms with van der Waals surface area (Å²) in [4.78, 5) is 13.3. The normalized spacial score (nSPS) is 11.4. The predicted molar refractivity (Wildman–Crippen MR) is 173 cm³/mol. The summed E-state index contributed by atoms with van der Waals surface area (Å²) < 4.78 is 25.4. The molecule has 2 N–H and O–H groups in total. The van der Waals surface area contributed by atoms with E-state index in [1.54, 1.807) is 65.5 Å². The number of rotatable bonds is 8. The van der Waals surface area contributed by atoms with Crippen LogP contribution in [0.15, 0.2) is 120 Å². The van der Waals surface area contributed by atoms with Crippen LogP contribution in [0.2, 0.25) is 5.02 Å². The van der Waals surface area contributed by atoms with Crippen LogP contribution in [0.1, 0.15) is 15.9 Å². The van der Waals surface area contributed by atoms with E-state index >= 15 is 0 Å². The fourth-order valence-corrected chi connectivity index (χ4v) is 5.11. The van der Waals surface area contributed by atoms with Crippen LogP contribution >= 0.6 is 23.8 Å². The number of aromatic nitrogens is 2. The van der Waals surface area contributed by atoms with Crippen molar-refractivity contribution in [3.63, 3.8) is 0 Å². The van der Waals surface area contributed by atoms with Crippen molar-refractivity contribution in [1.82, 2.24) is 9.78 Å². The summed E-state index contributed by atoms with van der Waals surface area (Å²) in [5.74, 6) is -0.182. The summed E-state index contributed by atoms with van der Waals surface area (Å²) in [7, 11) is -3.32. The zero-order valence-corrected chi connectivity index (χ0v) is 24.7. The van der Waals surface area contributed by atoms with E-state index in [1.807, 2.05) is 42.5 Å². The average molecular weight is 613 g/mol. The van der Waals surface area contributed by atoms with Gasteiger partial charge in [-0.15, -0.1) is 0 Å². The molecule has 0 aliphatic heterocycles. The number of para-hydroxylation sites is 1. The topological polar surface area (TPSA) is 93.1 Å². The molecule has 0 unspecified atom stereocenters. The number of hydrogen-bond donors (Lipinski definition) is 2. The Bertz CT molecular complexity index is 1870. The maximum atomic E-state index is 13.0. The van der Waals surface area contributed by atoms with Crippen molar-refractivity contribution < 1.29 is 13.2 Å². The molecule has 0 atom stereocenters. The molecule has 0 aliphatic carbocycles. The highest BCUT2D eigenvalue weighted by Crippen LogP contribution is 2.27. The number of anilines is 2. The first-order valence-electron chi connectivity index (χ1n) is 12.8. The summed E-state index contributed by atoms with van der Waals surface area (Å²) in [6.07, 6.45) is 6.16. The van der Waals surface area contributed by atoms with Crippen molar-refractivity contribution in [2.45, 2.75) is 4.90 Å². The van der Waals surface area contributed by atoms with Crippen LogP contribution < -0.4 is 10.6 Å². The maximum Gasteiger partial charge on any atom is 0.185 e. The van der Waals surface area contributed by atoms with Crippen molar-refractivity contribution in [2.24, 2.45) is 0 Å². The summed E-state index contributed by atoms with van der Waals surface area (Å²) in [5, 5.41) is 12.0. The Morgan fingerprint density at radius 1 is 0.857 bits per heavy atom. The fourth-order valence-electron chi connectivity index (χ4n) is 4.11. The molecule has 1 aromatic heterocycles. The van der Waals surface area contributed by atoms with E-state index in [2.05, 4.69) is 10.6 Å². The molecule has 0 amide bonds. The molecule has 5 aromatic rings. The number of ketones is 1. The lowest BCUT2D eigenvalue weighted by atomic mass is 10.1. The Balaban J connectivity index is 1.35. The summed E-state index contributed by atoms with van der Waals surface area (Å²) in [6.45, 7) is 0. The molecule has 42 heavy (non-hydrogen) atoms. The van der Waals surface area contributed by atoms with E-state index in [1.165, 1.54) is 18.2 Å². The molecule has 4 aromatic carbocycles. The lowest BCUT2D eigenvalue weighted by Gasteiger charge is -2.10. The van der Waals surface area contributed by atoms with Gasteiger partial charge in [0.05, 0.1) is 16.3 Å². The minimum absolute atomic E-state index is 0.182. The highest BCUT2D eigenvalue weighted by molar-refractivity contribution is 7.90. The van der Waals surface area contributed by atoms with Crippen molar-refractivity contribution >= 4 is 62.0 Å². The van der Waals surface area contributed by atoms with Gasteiger partial charge >= 0.3 is 0 Å². The molecule has 0 saturated carbocycles. The van der Waals surface area contributed by atoms with Crippen molar-refractivity contribution in [3.05, 3.63) is 132 Å². The number of thiocarbonyl (C=S) groups is 1. The first-order chi connectivity index (χ1) is 20.2. The second kappa shape index (κ2) is 12.5. The van der Waals surface area contributed by atoms with Crippen LogP contribution in [-0.4, -0.2) is 35.3 Å². The van der Waals surface area contributed by atoms with Gasteiger partial charge in [0.25, 0.3) is 0 Å². The highest BCUT2D eigenvalue weighted by atomic mass is 35.5. The molecule has 5 rings (SSSR count). The van der Waals surface area contributed by atoms with Gasteiger partial charge < -0.3 is 10.6 Å². The Labute approximate surface area is 254 Å². The van der Waals surface area contributed by atoms with E-state index in [0.717, 1.165) is 23.2 Å². The third kappa shape index (κ3) is 7.19. The zero-order chi connectivity index (χ0) is 29.7. The molecular formula is C32H25ClN4O3S2. The molecule has 210 valence electrons. The Morgan fingerprint density at radius 3 is 2.10 bits per heavy atom. The quantitative estimate of drug-likeness (QED) is 0.108. The van der Waals surface area contributed by atoms with Crippen LogP contribution in [0, 0.1) is 0 Å². The lowest BCUT2D eigenvalue weighted by Crippen LogP contribution is -2.18. The van der Waals surface area contributed by atoms with Crippen LogP contribution in [0.3, 0.4) is 0 Å². The molecule has 0 fully saturated rings. The van der Waals surface area contributed by atoms with Gasteiger partial charge in [-0.2, -0.15) is 5.10 Å². The number of nitrogens with one attached hydrogen (secondary N) is 2. The second-order valence-corrected chi connectivity index (χ2v) is 12.2. The maximum absolute atomic E-state index is 13.0. The molecule has 1 heterocycles. The van der Waals surface area contributed by atoms with Crippen LogP contribution in [-0.2, 0) is 9.84 Å². The van der Waals surface area contributed by atoms with Gasteiger partial charge in [-0.1, -0.05) is 41.9 Å². The summed E-state index contributed by atoms with van der Waals surface area (Å²) in [5.41, 5.74) is 4.96. The van der Waals surface area contributed by atoms with E-state index in [9.17, 15) is 13.2 Å². The Kier molecular flexibility index (Phi) is 8.63. The highest BCUT2D eigenvalue weighted by Gasteiger charge is 2.13. The Hall–Kier alpha value is -4.57. The van der Waals surface area contributed by atoms with Crippen molar-refractivity contribution in [3.8, 4) is 16.9 Å². The standard InChI is InChI=1S/C32H25ClN4O3S2/c1-42(39,40)29-18-16-28(17-19-29)37-21-24(31(36-37)23-7-12-25(33)13-8-23)11-20-30(38)22-9-14-27(15-10-22)35-32(41)34-26-5-3-2-4-6-26/h2-21H,1H3,(H2,34,35,41)/b20-11+. The number of hydrogen-bond acceptors (Lipinski definition) is 5. The number of halogens is 1. The van der Waals surface area contributed by atoms with Gasteiger partial charge in [-0.3, -0.25) is 4.79 Å². The number of carbonyl (C=O) groups excluding carboxylic acids is 1. The zero-order valence-electron chi connectivity index (χ0n) is 22.4. The Morgan fingerprint density at radius 2 is 1.48 bits per heavy atom.